The molecule has 2 rings (SSSR count). The second-order valence-corrected chi connectivity index (χ2v) is 4.54. The number of anilines is 1. The smallest absolute Gasteiger partial charge is 0.356 e. The highest BCUT2D eigenvalue weighted by Gasteiger charge is 2.16. The Balaban J connectivity index is 1.97. The van der Waals surface area contributed by atoms with Crippen molar-refractivity contribution in [2.75, 3.05) is 5.32 Å². The van der Waals surface area contributed by atoms with E-state index in [0.29, 0.717) is 17.3 Å². The minimum atomic E-state index is -1.06. The molecule has 20 heavy (non-hydrogen) atoms. The SMILES string of the molecule is Cn1ncc(NC(=S)NCc2ccccc2)c1C(=O)O. The molecule has 0 fully saturated rings. The van der Waals surface area contributed by atoms with Crippen molar-refractivity contribution >= 4 is 29.0 Å². The van der Waals surface area contributed by atoms with Gasteiger partial charge in [-0.1, -0.05) is 30.3 Å². The van der Waals surface area contributed by atoms with Gasteiger partial charge in [0.1, 0.15) is 0 Å². The van der Waals surface area contributed by atoms with Gasteiger partial charge in [0.05, 0.1) is 11.9 Å². The number of hydrogen-bond acceptors (Lipinski definition) is 3. The fourth-order valence-electron chi connectivity index (χ4n) is 1.73. The Morgan fingerprint density at radius 3 is 2.75 bits per heavy atom. The zero-order chi connectivity index (χ0) is 14.5. The third-order valence-corrected chi connectivity index (χ3v) is 2.93. The van der Waals surface area contributed by atoms with Gasteiger partial charge in [-0.15, -0.1) is 0 Å². The van der Waals surface area contributed by atoms with Crippen LogP contribution < -0.4 is 10.6 Å². The van der Waals surface area contributed by atoms with Crippen molar-refractivity contribution in [2.45, 2.75) is 6.54 Å². The van der Waals surface area contributed by atoms with Gasteiger partial charge in [-0.2, -0.15) is 5.10 Å². The summed E-state index contributed by atoms with van der Waals surface area (Å²) in [5, 5.41) is 19.2. The summed E-state index contributed by atoms with van der Waals surface area (Å²) in [7, 11) is 1.56. The van der Waals surface area contributed by atoms with E-state index in [1.165, 1.54) is 10.9 Å². The number of aromatic nitrogens is 2. The molecular formula is C13H14N4O2S. The first-order valence-electron chi connectivity index (χ1n) is 5.92. The fourth-order valence-corrected chi connectivity index (χ4v) is 1.91. The Bertz CT molecular complexity index is 625. The molecule has 1 aromatic carbocycles. The Kier molecular flexibility index (Phi) is 4.31. The Hall–Kier alpha value is -2.41. The maximum atomic E-state index is 11.1. The van der Waals surface area contributed by atoms with Crippen LogP contribution in [-0.4, -0.2) is 26.0 Å². The lowest BCUT2D eigenvalue weighted by Crippen LogP contribution is -2.28. The molecule has 2 aromatic rings. The Labute approximate surface area is 121 Å². The Morgan fingerprint density at radius 1 is 1.40 bits per heavy atom. The fraction of sp³-hybridized carbons (Fsp3) is 0.154. The van der Waals surface area contributed by atoms with E-state index in [1.54, 1.807) is 7.05 Å². The average Bonchev–Trinajstić information content (AvgIpc) is 2.78. The molecule has 0 saturated carbocycles. The second-order valence-electron chi connectivity index (χ2n) is 4.13. The van der Waals surface area contributed by atoms with Crippen LogP contribution in [0.1, 0.15) is 16.1 Å². The molecule has 0 aliphatic rings. The van der Waals surface area contributed by atoms with Gasteiger partial charge in [-0.3, -0.25) is 4.68 Å². The highest BCUT2D eigenvalue weighted by atomic mass is 32.1. The first-order chi connectivity index (χ1) is 9.58. The molecule has 3 N–H and O–H groups in total. The molecule has 0 spiro atoms. The first-order valence-corrected chi connectivity index (χ1v) is 6.33. The Morgan fingerprint density at radius 2 is 2.10 bits per heavy atom. The summed E-state index contributed by atoms with van der Waals surface area (Å²) in [4.78, 5) is 11.1. The van der Waals surface area contributed by atoms with E-state index in [2.05, 4.69) is 15.7 Å². The van der Waals surface area contributed by atoms with Crippen LogP contribution in [0.3, 0.4) is 0 Å². The minimum absolute atomic E-state index is 0.0638. The maximum absolute atomic E-state index is 11.1. The molecule has 0 bridgehead atoms. The predicted molar refractivity (Wildman–Crippen MR) is 79.7 cm³/mol. The molecule has 104 valence electrons. The number of carbonyl (C=O) groups is 1. The van der Waals surface area contributed by atoms with Crippen LogP contribution in [0, 0.1) is 0 Å². The van der Waals surface area contributed by atoms with E-state index in [-0.39, 0.29) is 5.69 Å². The number of aryl methyl sites for hydroxylation is 1. The molecule has 0 aliphatic heterocycles. The number of nitrogens with zero attached hydrogens (tertiary/aromatic N) is 2. The summed E-state index contributed by atoms with van der Waals surface area (Å²) in [6.07, 6.45) is 1.43. The zero-order valence-corrected chi connectivity index (χ0v) is 11.6. The number of carboxylic acids is 1. The van der Waals surface area contributed by atoms with Crippen molar-refractivity contribution in [1.29, 1.82) is 0 Å². The van der Waals surface area contributed by atoms with Gasteiger partial charge in [0.25, 0.3) is 0 Å². The van der Waals surface area contributed by atoms with Crippen LogP contribution in [0.15, 0.2) is 36.5 Å². The molecule has 0 aliphatic carbocycles. The monoisotopic (exact) mass is 290 g/mol. The largest absolute Gasteiger partial charge is 0.476 e. The van der Waals surface area contributed by atoms with E-state index in [0.717, 1.165) is 5.56 Å². The van der Waals surface area contributed by atoms with Gasteiger partial charge in [-0.25, -0.2) is 4.79 Å². The average molecular weight is 290 g/mol. The number of hydrogen-bond donors (Lipinski definition) is 3. The lowest BCUT2D eigenvalue weighted by atomic mass is 10.2. The lowest BCUT2D eigenvalue weighted by molar-refractivity contribution is 0.0686. The number of carboxylic acid groups (broad SMARTS) is 1. The van der Waals surface area contributed by atoms with E-state index < -0.39 is 5.97 Å². The summed E-state index contributed by atoms with van der Waals surface area (Å²) >= 11 is 5.14. The molecule has 0 unspecified atom stereocenters. The van der Waals surface area contributed by atoms with Gasteiger partial charge < -0.3 is 15.7 Å². The summed E-state index contributed by atoms with van der Waals surface area (Å²) in [6.45, 7) is 0.565. The van der Waals surface area contributed by atoms with Crippen LogP contribution in [-0.2, 0) is 13.6 Å². The quantitative estimate of drug-likeness (QED) is 0.742. The van der Waals surface area contributed by atoms with Crippen LogP contribution in [0.2, 0.25) is 0 Å². The van der Waals surface area contributed by atoms with Gasteiger partial charge in [0.2, 0.25) is 0 Å². The molecule has 0 amide bonds. The summed E-state index contributed by atoms with van der Waals surface area (Å²) in [5.41, 5.74) is 1.51. The number of nitrogens with one attached hydrogen (secondary N) is 2. The normalized spacial score (nSPS) is 10.1. The van der Waals surface area contributed by atoms with Crippen molar-refractivity contribution < 1.29 is 9.90 Å². The molecule has 0 atom stereocenters. The molecule has 0 radical (unpaired) electrons. The summed E-state index contributed by atoms with van der Waals surface area (Å²) in [6, 6.07) is 9.77. The minimum Gasteiger partial charge on any atom is -0.476 e. The van der Waals surface area contributed by atoms with Gasteiger partial charge >= 0.3 is 5.97 Å². The third kappa shape index (κ3) is 3.33. The number of aromatic carboxylic acids is 1. The predicted octanol–water partition coefficient (Wildman–Crippen LogP) is 1.60. The molecule has 1 heterocycles. The summed E-state index contributed by atoms with van der Waals surface area (Å²) in [5.74, 6) is -1.06. The van der Waals surface area contributed by atoms with Crippen LogP contribution in [0.5, 0.6) is 0 Å². The molecule has 6 nitrogen and oxygen atoms in total. The molecule has 0 saturated heterocycles. The topological polar surface area (TPSA) is 79.2 Å². The molecular weight excluding hydrogens is 276 g/mol. The van der Waals surface area contributed by atoms with Gasteiger partial charge in [0, 0.05) is 13.6 Å². The molecule has 7 heteroatoms. The van der Waals surface area contributed by atoms with Crippen molar-refractivity contribution in [2.24, 2.45) is 7.05 Å². The van der Waals surface area contributed by atoms with Crippen LogP contribution in [0.4, 0.5) is 5.69 Å². The number of thiocarbonyl (C=S) groups is 1. The zero-order valence-electron chi connectivity index (χ0n) is 10.8. The highest BCUT2D eigenvalue weighted by Crippen LogP contribution is 2.13. The van der Waals surface area contributed by atoms with Crippen molar-refractivity contribution in [3.8, 4) is 0 Å². The first kappa shape index (κ1) is 14.0. The standard InChI is InChI=1S/C13H14N4O2S/c1-17-11(12(18)19)10(8-15-17)16-13(20)14-7-9-5-3-2-4-6-9/h2-6,8H,7H2,1H3,(H,18,19)(H2,14,16,20). The second kappa shape index (κ2) is 6.16. The van der Waals surface area contributed by atoms with Gasteiger partial charge in [-0.05, 0) is 17.8 Å². The van der Waals surface area contributed by atoms with Crippen molar-refractivity contribution in [3.05, 3.63) is 47.8 Å². The van der Waals surface area contributed by atoms with Crippen LogP contribution >= 0.6 is 12.2 Å². The van der Waals surface area contributed by atoms with Crippen molar-refractivity contribution in [3.63, 3.8) is 0 Å². The van der Waals surface area contributed by atoms with E-state index in [4.69, 9.17) is 17.3 Å². The number of benzene rings is 1. The maximum Gasteiger partial charge on any atom is 0.356 e. The van der Waals surface area contributed by atoms with E-state index >= 15 is 0 Å². The lowest BCUT2D eigenvalue weighted by Gasteiger charge is -2.10. The van der Waals surface area contributed by atoms with Crippen LogP contribution in [0.25, 0.3) is 0 Å². The number of rotatable bonds is 4. The van der Waals surface area contributed by atoms with Crippen molar-refractivity contribution in [1.82, 2.24) is 15.1 Å². The molecule has 1 aromatic heterocycles. The highest BCUT2D eigenvalue weighted by molar-refractivity contribution is 7.80. The van der Waals surface area contributed by atoms with Gasteiger partial charge in [0.15, 0.2) is 10.8 Å². The summed E-state index contributed by atoms with van der Waals surface area (Å²) < 4.78 is 1.28. The van der Waals surface area contributed by atoms with E-state index in [1.807, 2.05) is 30.3 Å². The van der Waals surface area contributed by atoms with E-state index in [9.17, 15) is 4.79 Å². The third-order valence-electron chi connectivity index (χ3n) is 2.69.